The summed E-state index contributed by atoms with van der Waals surface area (Å²) in [6, 6.07) is 2.40. The minimum absolute atomic E-state index is 0.0966. The van der Waals surface area contributed by atoms with E-state index in [0.29, 0.717) is 12.1 Å². The van der Waals surface area contributed by atoms with Crippen LogP contribution in [0, 0.1) is 5.82 Å². The van der Waals surface area contributed by atoms with Crippen molar-refractivity contribution < 1.29 is 22.3 Å². The average Bonchev–Trinajstić information content (AvgIpc) is 2.39. The van der Waals surface area contributed by atoms with Gasteiger partial charge in [0.05, 0.1) is 11.7 Å². The molecule has 1 rings (SSSR count). The predicted octanol–water partition coefficient (Wildman–Crippen LogP) is 2.47. The molecule has 0 bridgehead atoms. The van der Waals surface area contributed by atoms with E-state index in [0.717, 1.165) is 12.1 Å². The summed E-state index contributed by atoms with van der Waals surface area (Å²) in [5, 5.41) is 2.99. The minimum Gasteiger partial charge on any atom is -0.380 e. The van der Waals surface area contributed by atoms with Crippen LogP contribution in [0.3, 0.4) is 0 Å². The summed E-state index contributed by atoms with van der Waals surface area (Å²) in [6.07, 6.45) is -4.83. The van der Waals surface area contributed by atoms with Crippen LogP contribution in [0.1, 0.15) is 24.1 Å². The van der Waals surface area contributed by atoms with Crippen LogP contribution in [0.2, 0.25) is 0 Å². The lowest BCUT2D eigenvalue weighted by Gasteiger charge is -2.21. The Hall–Kier alpha value is -1.18. The second kappa shape index (κ2) is 7.01. The highest BCUT2D eigenvalue weighted by Crippen LogP contribution is 2.32. The lowest BCUT2D eigenvalue weighted by molar-refractivity contribution is -0.140. The van der Waals surface area contributed by atoms with E-state index < -0.39 is 23.6 Å². The molecule has 20 heavy (non-hydrogen) atoms. The van der Waals surface area contributed by atoms with Crippen molar-refractivity contribution in [1.29, 1.82) is 0 Å². The average molecular weight is 294 g/mol. The normalized spacial score (nSPS) is 15.2. The molecule has 0 aliphatic carbocycles. The first-order valence-electron chi connectivity index (χ1n) is 6.12. The third-order valence-electron chi connectivity index (χ3n) is 2.99. The van der Waals surface area contributed by atoms with E-state index >= 15 is 0 Å². The quantitative estimate of drug-likeness (QED) is 0.792. The molecule has 114 valence electrons. The predicted molar refractivity (Wildman–Crippen MR) is 67.7 cm³/mol. The van der Waals surface area contributed by atoms with E-state index in [9.17, 15) is 17.6 Å². The number of benzene rings is 1. The maximum atomic E-state index is 13.2. The SMILES string of the molecule is COC(C)CNC(CN)c1ccc(F)c(C(F)(F)F)c1. The Labute approximate surface area is 115 Å². The molecule has 1 aromatic rings. The second-order valence-electron chi connectivity index (χ2n) is 4.48. The molecule has 0 amide bonds. The van der Waals surface area contributed by atoms with Crippen molar-refractivity contribution in [2.75, 3.05) is 20.2 Å². The van der Waals surface area contributed by atoms with Crippen molar-refractivity contribution in [3.63, 3.8) is 0 Å². The second-order valence-corrected chi connectivity index (χ2v) is 4.48. The zero-order valence-corrected chi connectivity index (χ0v) is 11.3. The molecule has 0 aliphatic heterocycles. The van der Waals surface area contributed by atoms with Crippen LogP contribution in [-0.2, 0) is 10.9 Å². The molecule has 0 spiro atoms. The van der Waals surface area contributed by atoms with Gasteiger partial charge in [-0.05, 0) is 24.6 Å². The fourth-order valence-electron chi connectivity index (χ4n) is 1.71. The molecule has 0 heterocycles. The van der Waals surface area contributed by atoms with Gasteiger partial charge in [-0.15, -0.1) is 0 Å². The molecular formula is C13H18F4N2O. The van der Waals surface area contributed by atoms with Gasteiger partial charge < -0.3 is 15.8 Å². The summed E-state index contributed by atoms with van der Waals surface area (Å²) in [5.74, 6) is -1.29. The number of ether oxygens (including phenoxy) is 1. The van der Waals surface area contributed by atoms with E-state index in [1.165, 1.54) is 13.2 Å². The van der Waals surface area contributed by atoms with Crippen molar-refractivity contribution in [3.05, 3.63) is 35.1 Å². The van der Waals surface area contributed by atoms with Gasteiger partial charge >= 0.3 is 6.18 Å². The molecule has 0 radical (unpaired) electrons. The molecule has 0 saturated heterocycles. The number of methoxy groups -OCH3 is 1. The molecule has 0 saturated carbocycles. The van der Waals surface area contributed by atoms with E-state index in [2.05, 4.69) is 5.32 Å². The number of rotatable bonds is 6. The van der Waals surface area contributed by atoms with Gasteiger partial charge in [0.25, 0.3) is 0 Å². The Kier molecular flexibility index (Phi) is 5.91. The Morgan fingerprint density at radius 1 is 1.35 bits per heavy atom. The molecule has 3 N–H and O–H groups in total. The summed E-state index contributed by atoms with van der Waals surface area (Å²) in [4.78, 5) is 0. The van der Waals surface area contributed by atoms with E-state index in [1.54, 1.807) is 0 Å². The first-order valence-corrected chi connectivity index (χ1v) is 6.12. The van der Waals surface area contributed by atoms with E-state index in [-0.39, 0.29) is 12.6 Å². The van der Waals surface area contributed by atoms with Crippen molar-refractivity contribution in [1.82, 2.24) is 5.32 Å². The van der Waals surface area contributed by atoms with Gasteiger partial charge in [-0.1, -0.05) is 6.07 Å². The van der Waals surface area contributed by atoms with Crippen LogP contribution in [0.15, 0.2) is 18.2 Å². The van der Waals surface area contributed by atoms with E-state index in [4.69, 9.17) is 10.5 Å². The fourth-order valence-corrected chi connectivity index (χ4v) is 1.71. The highest BCUT2D eigenvalue weighted by molar-refractivity contribution is 5.29. The maximum absolute atomic E-state index is 13.2. The van der Waals surface area contributed by atoms with Gasteiger partial charge in [-0.2, -0.15) is 13.2 Å². The third kappa shape index (κ3) is 4.43. The van der Waals surface area contributed by atoms with Crippen molar-refractivity contribution in [2.24, 2.45) is 5.73 Å². The highest BCUT2D eigenvalue weighted by Gasteiger charge is 2.34. The summed E-state index contributed by atoms with van der Waals surface area (Å²) in [6.45, 7) is 2.34. The summed E-state index contributed by atoms with van der Waals surface area (Å²) in [5.41, 5.74) is 4.56. The molecule has 7 heteroatoms. The Morgan fingerprint density at radius 3 is 2.50 bits per heavy atom. The molecule has 0 fully saturated rings. The van der Waals surface area contributed by atoms with Crippen LogP contribution >= 0.6 is 0 Å². The van der Waals surface area contributed by atoms with Crippen LogP contribution in [0.4, 0.5) is 17.6 Å². The lowest BCUT2D eigenvalue weighted by atomic mass is 10.0. The third-order valence-corrected chi connectivity index (χ3v) is 2.99. The number of alkyl halides is 3. The molecule has 3 nitrogen and oxygen atoms in total. The fraction of sp³-hybridized carbons (Fsp3) is 0.538. The standard InChI is InChI=1S/C13H18F4N2O/c1-8(20-2)7-19-12(6-18)9-3-4-11(14)10(5-9)13(15,16)17/h3-5,8,12,19H,6-7,18H2,1-2H3. The van der Waals surface area contributed by atoms with E-state index in [1.807, 2.05) is 6.92 Å². The topological polar surface area (TPSA) is 47.3 Å². The minimum atomic E-state index is -4.72. The monoisotopic (exact) mass is 294 g/mol. The number of halogens is 4. The molecule has 2 unspecified atom stereocenters. The number of nitrogens with one attached hydrogen (secondary N) is 1. The van der Waals surface area contributed by atoms with Crippen LogP contribution in [0.5, 0.6) is 0 Å². The van der Waals surface area contributed by atoms with Crippen LogP contribution in [-0.4, -0.2) is 26.3 Å². The zero-order valence-electron chi connectivity index (χ0n) is 11.3. The van der Waals surface area contributed by atoms with Crippen molar-refractivity contribution >= 4 is 0 Å². The Balaban J connectivity index is 2.93. The lowest BCUT2D eigenvalue weighted by Crippen LogP contribution is -2.34. The maximum Gasteiger partial charge on any atom is 0.419 e. The summed E-state index contributed by atoms with van der Waals surface area (Å²) in [7, 11) is 1.53. The summed E-state index contributed by atoms with van der Waals surface area (Å²) < 4.78 is 56.2. The Morgan fingerprint density at radius 2 is 2.00 bits per heavy atom. The van der Waals surface area contributed by atoms with Gasteiger partial charge in [-0.3, -0.25) is 0 Å². The number of hydrogen-bond acceptors (Lipinski definition) is 3. The molecular weight excluding hydrogens is 276 g/mol. The van der Waals surface area contributed by atoms with Crippen LogP contribution in [0.25, 0.3) is 0 Å². The first kappa shape index (κ1) is 16.9. The van der Waals surface area contributed by atoms with Gasteiger partial charge in [0.1, 0.15) is 5.82 Å². The van der Waals surface area contributed by atoms with Crippen LogP contribution < -0.4 is 11.1 Å². The molecule has 2 atom stereocenters. The van der Waals surface area contributed by atoms with Gasteiger partial charge in [0.15, 0.2) is 0 Å². The number of nitrogens with two attached hydrogens (primary N) is 1. The molecule has 1 aromatic carbocycles. The van der Waals surface area contributed by atoms with Crippen molar-refractivity contribution in [2.45, 2.75) is 25.2 Å². The largest absolute Gasteiger partial charge is 0.419 e. The summed E-state index contributed by atoms with van der Waals surface area (Å²) >= 11 is 0. The highest BCUT2D eigenvalue weighted by atomic mass is 19.4. The molecule has 0 aliphatic rings. The van der Waals surface area contributed by atoms with Crippen molar-refractivity contribution in [3.8, 4) is 0 Å². The van der Waals surface area contributed by atoms with Gasteiger partial charge in [-0.25, -0.2) is 4.39 Å². The zero-order chi connectivity index (χ0) is 15.3. The van der Waals surface area contributed by atoms with Gasteiger partial charge in [0.2, 0.25) is 0 Å². The Bertz CT molecular complexity index is 437. The molecule has 0 aromatic heterocycles. The van der Waals surface area contributed by atoms with Gasteiger partial charge in [0, 0.05) is 26.2 Å². The first-order chi connectivity index (χ1) is 9.29. The smallest absolute Gasteiger partial charge is 0.380 e. The number of hydrogen-bond donors (Lipinski definition) is 2.